The topological polar surface area (TPSA) is 63.2 Å². The van der Waals surface area contributed by atoms with Crippen LogP contribution in [0.3, 0.4) is 0 Å². The van der Waals surface area contributed by atoms with E-state index in [1.807, 2.05) is 23.6 Å². The van der Waals surface area contributed by atoms with Gasteiger partial charge in [0.2, 0.25) is 0 Å². The minimum Gasteiger partial charge on any atom is -0.378 e. The van der Waals surface area contributed by atoms with E-state index < -0.39 is 0 Å². The maximum Gasteiger partial charge on any atom is 0.138 e. The van der Waals surface area contributed by atoms with E-state index in [1.54, 1.807) is 6.33 Å². The van der Waals surface area contributed by atoms with Gasteiger partial charge in [-0.2, -0.15) is 0 Å². The standard InChI is InChI=1S/C20H23N5OS/c1-2-6-16-15(5-1)17-18(23-13-24-20(17)27-16)22-12-14-4-3-7-21-19(14)25-8-10-26-11-9-25/h3-4,7,13H,1-2,5-6,8-12H2,(H,22,23,24). The van der Waals surface area contributed by atoms with Crippen molar-refractivity contribution >= 4 is 33.2 Å². The van der Waals surface area contributed by atoms with Crippen LogP contribution in [0.5, 0.6) is 0 Å². The van der Waals surface area contributed by atoms with Crippen molar-refractivity contribution in [3.63, 3.8) is 0 Å². The fourth-order valence-corrected chi connectivity index (χ4v) is 5.26. The van der Waals surface area contributed by atoms with Gasteiger partial charge in [0, 0.05) is 36.3 Å². The van der Waals surface area contributed by atoms with Crippen LogP contribution in [0.1, 0.15) is 28.8 Å². The van der Waals surface area contributed by atoms with E-state index in [4.69, 9.17) is 4.74 Å². The van der Waals surface area contributed by atoms with Crippen LogP contribution < -0.4 is 10.2 Å². The number of anilines is 2. The van der Waals surface area contributed by atoms with Gasteiger partial charge in [-0.15, -0.1) is 11.3 Å². The molecule has 4 heterocycles. The van der Waals surface area contributed by atoms with E-state index in [1.165, 1.54) is 40.7 Å². The van der Waals surface area contributed by atoms with Crippen molar-refractivity contribution in [3.05, 3.63) is 40.7 Å². The van der Waals surface area contributed by atoms with Crippen LogP contribution in [-0.2, 0) is 24.1 Å². The van der Waals surface area contributed by atoms with E-state index in [0.717, 1.165) is 49.2 Å². The van der Waals surface area contributed by atoms with Crippen LogP contribution in [0, 0.1) is 0 Å². The summed E-state index contributed by atoms with van der Waals surface area (Å²) in [4.78, 5) is 18.7. The van der Waals surface area contributed by atoms with E-state index >= 15 is 0 Å². The molecule has 5 rings (SSSR count). The summed E-state index contributed by atoms with van der Waals surface area (Å²) in [5, 5.41) is 4.81. The molecule has 27 heavy (non-hydrogen) atoms. The first kappa shape index (κ1) is 16.9. The molecule has 1 aliphatic carbocycles. The van der Waals surface area contributed by atoms with Gasteiger partial charge < -0.3 is 15.0 Å². The highest BCUT2D eigenvalue weighted by Crippen LogP contribution is 2.38. The van der Waals surface area contributed by atoms with Gasteiger partial charge >= 0.3 is 0 Å². The fraction of sp³-hybridized carbons (Fsp3) is 0.450. The van der Waals surface area contributed by atoms with Gasteiger partial charge in [0.05, 0.1) is 18.6 Å². The Morgan fingerprint density at radius 1 is 1.11 bits per heavy atom. The lowest BCUT2D eigenvalue weighted by molar-refractivity contribution is 0.122. The quantitative estimate of drug-likeness (QED) is 0.747. The minimum atomic E-state index is 0.706. The third kappa shape index (κ3) is 3.26. The Bertz CT molecular complexity index is 951. The number of morpholine rings is 1. The zero-order valence-corrected chi connectivity index (χ0v) is 16.1. The van der Waals surface area contributed by atoms with Gasteiger partial charge in [0.1, 0.15) is 22.8 Å². The third-order valence-electron chi connectivity index (χ3n) is 5.38. The molecular weight excluding hydrogens is 358 g/mol. The van der Waals surface area contributed by atoms with Crippen LogP contribution in [-0.4, -0.2) is 41.3 Å². The van der Waals surface area contributed by atoms with E-state index in [0.29, 0.717) is 6.54 Å². The first-order valence-corrected chi connectivity index (χ1v) is 10.5. The second-order valence-corrected chi connectivity index (χ2v) is 8.14. The van der Waals surface area contributed by atoms with E-state index in [9.17, 15) is 0 Å². The maximum atomic E-state index is 5.48. The number of aryl methyl sites for hydroxylation is 2. The predicted octanol–water partition coefficient (Wildman–Crippen LogP) is 3.41. The second kappa shape index (κ2) is 7.40. The molecule has 140 valence electrons. The van der Waals surface area contributed by atoms with Gasteiger partial charge in [0.25, 0.3) is 0 Å². The number of nitrogens with one attached hydrogen (secondary N) is 1. The smallest absolute Gasteiger partial charge is 0.138 e. The second-order valence-electron chi connectivity index (χ2n) is 7.05. The average Bonchev–Trinajstić information content (AvgIpc) is 3.12. The van der Waals surface area contributed by atoms with Crippen molar-refractivity contribution in [1.29, 1.82) is 0 Å². The number of nitrogens with zero attached hydrogens (tertiary/aromatic N) is 4. The lowest BCUT2D eigenvalue weighted by Crippen LogP contribution is -2.37. The predicted molar refractivity (Wildman–Crippen MR) is 109 cm³/mol. The summed E-state index contributed by atoms with van der Waals surface area (Å²) in [5.41, 5.74) is 2.65. The summed E-state index contributed by atoms with van der Waals surface area (Å²) in [5.74, 6) is 2.00. The summed E-state index contributed by atoms with van der Waals surface area (Å²) >= 11 is 1.84. The first-order valence-electron chi connectivity index (χ1n) is 9.66. The Kier molecular flexibility index (Phi) is 4.63. The van der Waals surface area contributed by atoms with Gasteiger partial charge in [-0.25, -0.2) is 15.0 Å². The number of rotatable bonds is 4. The Hall–Kier alpha value is -2.25. The van der Waals surface area contributed by atoms with Crippen LogP contribution in [0.15, 0.2) is 24.7 Å². The van der Waals surface area contributed by atoms with Gasteiger partial charge in [0.15, 0.2) is 0 Å². The number of fused-ring (bicyclic) bond motifs is 3. The monoisotopic (exact) mass is 381 g/mol. The van der Waals surface area contributed by atoms with Crippen molar-refractivity contribution in [3.8, 4) is 0 Å². The molecule has 0 bridgehead atoms. The van der Waals surface area contributed by atoms with E-state index in [-0.39, 0.29) is 0 Å². The summed E-state index contributed by atoms with van der Waals surface area (Å²) in [6.07, 6.45) is 8.42. The molecule has 0 atom stereocenters. The van der Waals surface area contributed by atoms with Crippen molar-refractivity contribution < 1.29 is 4.74 Å². The molecule has 6 nitrogen and oxygen atoms in total. The zero-order valence-electron chi connectivity index (χ0n) is 15.3. The first-order chi connectivity index (χ1) is 13.4. The van der Waals surface area contributed by atoms with Crippen LogP contribution >= 0.6 is 11.3 Å². The van der Waals surface area contributed by atoms with Crippen LogP contribution in [0.25, 0.3) is 10.2 Å². The molecule has 0 radical (unpaired) electrons. The summed E-state index contributed by atoms with van der Waals surface area (Å²) < 4.78 is 5.48. The van der Waals surface area contributed by atoms with Crippen LogP contribution in [0.2, 0.25) is 0 Å². The average molecular weight is 382 g/mol. The van der Waals surface area contributed by atoms with Crippen molar-refractivity contribution in [2.24, 2.45) is 0 Å². The van der Waals surface area contributed by atoms with E-state index in [2.05, 4.69) is 31.2 Å². The highest BCUT2D eigenvalue weighted by Gasteiger charge is 2.20. The zero-order chi connectivity index (χ0) is 18.1. The lowest BCUT2D eigenvalue weighted by atomic mass is 9.97. The molecule has 0 spiro atoms. The molecule has 1 saturated heterocycles. The summed E-state index contributed by atoms with van der Waals surface area (Å²) in [7, 11) is 0. The van der Waals surface area contributed by atoms with Gasteiger partial charge in [-0.3, -0.25) is 0 Å². The van der Waals surface area contributed by atoms with Crippen LogP contribution in [0.4, 0.5) is 11.6 Å². The molecule has 1 fully saturated rings. The molecule has 1 N–H and O–H groups in total. The third-order valence-corrected chi connectivity index (χ3v) is 6.58. The Morgan fingerprint density at radius 3 is 2.93 bits per heavy atom. The summed E-state index contributed by atoms with van der Waals surface area (Å²) in [6, 6.07) is 4.15. The van der Waals surface area contributed by atoms with Crippen molar-refractivity contribution in [1.82, 2.24) is 15.0 Å². The number of pyridine rings is 1. The normalized spacial score (nSPS) is 17.1. The lowest BCUT2D eigenvalue weighted by Gasteiger charge is -2.29. The van der Waals surface area contributed by atoms with Crippen molar-refractivity contribution in [2.45, 2.75) is 32.2 Å². The molecular formula is C20H23N5OS. The Labute approximate surface area is 162 Å². The molecule has 2 aliphatic rings. The molecule has 1 aliphatic heterocycles. The molecule has 7 heteroatoms. The molecule has 0 saturated carbocycles. The van der Waals surface area contributed by atoms with Crippen molar-refractivity contribution in [2.75, 3.05) is 36.5 Å². The highest BCUT2D eigenvalue weighted by atomic mass is 32.1. The SMILES string of the molecule is c1cnc(N2CCOCC2)c(CNc2ncnc3sc4c(c23)CCCC4)c1. The Morgan fingerprint density at radius 2 is 2.00 bits per heavy atom. The number of hydrogen-bond donors (Lipinski definition) is 1. The molecule has 3 aromatic rings. The summed E-state index contributed by atoms with van der Waals surface area (Å²) in [6.45, 7) is 4.00. The molecule has 0 amide bonds. The number of aromatic nitrogens is 3. The minimum absolute atomic E-state index is 0.706. The Balaban J connectivity index is 1.43. The highest BCUT2D eigenvalue weighted by molar-refractivity contribution is 7.19. The fourth-order valence-electron chi connectivity index (χ4n) is 4.03. The van der Waals surface area contributed by atoms with Gasteiger partial charge in [-0.05, 0) is 37.3 Å². The maximum absolute atomic E-state index is 5.48. The molecule has 0 aromatic carbocycles. The number of ether oxygens (including phenoxy) is 1. The number of hydrogen-bond acceptors (Lipinski definition) is 7. The largest absolute Gasteiger partial charge is 0.378 e. The molecule has 3 aromatic heterocycles. The number of thiophene rings is 1. The van der Waals surface area contributed by atoms with Gasteiger partial charge in [-0.1, -0.05) is 6.07 Å². The molecule has 0 unspecified atom stereocenters.